The van der Waals surface area contributed by atoms with Gasteiger partial charge in [0.1, 0.15) is 25.6 Å². The van der Waals surface area contributed by atoms with E-state index in [4.69, 9.17) is 16.6 Å². The first-order chi connectivity index (χ1) is 25.7. The molecule has 8 rings (SSSR count). The average molecular weight is 749 g/mol. The Balaban J connectivity index is 0.000000164. The fraction of sp³-hybridized carbons (Fsp3) is 0.333. The van der Waals surface area contributed by atoms with Gasteiger partial charge in [-0.05, 0) is 97.8 Å². The van der Waals surface area contributed by atoms with Crippen LogP contribution in [-0.4, -0.2) is 45.0 Å². The number of carbonyl (C=O) groups excluding carboxylic acids is 2. The Bertz CT molecular complexity index is 2060. The summed E-state index contributed by atoms with van der Waals surface area (Å²) >= 11 is 3.27. The Kier molecular flexibility index (Phi) is 10.9. The van der Waals surface area contributed by atoms with Crippen molar-refractivity contribution in [1.29, 1.82) is 0 Å². The number of hydrogen-bond acceptors (Lipinski definition) is 8. The van der Waals surface area contributed by atoms with Crippen LogP contribution >= 0.6 is 23.5 Å². The van der Waals surface area contributed by atoms with Gasteiger partial charge in [0.25, 0.3) is 0 Å². The summed E-state index contributed by atoms with van der Waals surface area (Å²) in [4.78, 5) is 24.1. The van der Waals surface area contributed by atoms with Crippen LogP contribution in [0.4, 0.5) is 4.39 Å². The fourth-order valence-corrected chi connectivity index (χ4v) is 11.7. The third-order valence-electron chi connectivity index (χ3n) is 10.7. The van der Waals surface area contributed by atoms with Crippen LogP contribution in [0.2, 0.25) is 0 Å². The predicted molar refractivity (Wildman–Crippen MR) is 213 cm³/mol. The Morgan fingerprint density at radius 3 is 1.60 bits per heavy atom. The van der Waals surface area contributed by atoms with Crippen LogP contribution in [0, 0.1) is 17.7 Å². The number of benzene rings is 4. The summed E-state index contributed by atoms with van der Waals surface area (Å²) < 4.78 is 13.8. The summed E-state index contributed by atoms with van der Waals surface area (Å²) in [7, 11) is 0. The van der Waals surface area contributed by atoms with Crippen molar-refractivity contribution < 1.29 is 14.0 Å². The quantitative estimate of drug-likeness (QED) is 0.210. The number of nitrogens with zero attached hydrogens (tertiary/aromatic N) is 4. The minimum absolute atomic E-state index is 0.0258. The zero-order valence-corrected chi connectivity index (χ0v) is 31.7. The molecule has 0 unspecified atom stereocenters. The first-order valence-corrected chi connectivity index (χ1v) is 19.9. The first-order valence-electron chi connectivity index (χ1n) is 18.3. The molecule has 4 aliphatic rings. The van der Waals surface area contributed by atoms with Gasteiger partial charge in [0, 0.05) is 25.0 Å². The Morgan fingerprint density at radius 2 is 1.13 bits per heavy atom. The molecule has 2 amide bonds. The number of hydrazone groups is 2. The van der Waals surface area contributed by atoms with Gasteiger partial charge in [-0.1, -0.05) is 115 Å². The highest BCUT2D eigenvalue weighted by Crippen LogP contribution is 2.58. The van der Waals surface area contributed by atoms with E-state index >= 15 is 0 Å². The van der Waals surface area contributed by atoms with E-state index in [-0.39, 0.29) is 29.5 Å². The molecule has 4 atom stereocenters. The predicted octanol–water partition coefficient (Wildman–Crippen LogP) is 7.55. The molecule has 2 spiro atoms. The van der Waals surface area contributed by atoms with Crippen LogP contribution in [-0.2, 0) is 32.2 Å². The molecular weight excluding hydrogens is 704 g/mol. The summed E-state index contributed by atoms with van der Waals surface area (Å²) in [6, 6.07) is 33.2. The third kappa shape index (κ3) is 6.73. The zero-order chi connectivity index (χ0) is 37.2. The maximum Gasteiger partial charge on any atom is 0.241 e. The average Bonchev–Trinajstić information content (AvgIpc) is 3.77. The van der Waals surface area contributed by atoms with E-state index in [0.717, 1.165) is 54.7 Å². The highest BCUT2D eigenvalue weighted by Gasteiger charge is 2.56. The van der Waals surface area contributed by atoms with Crippen LogP contribution in [0.15, 0.2) is 113 Å². The second-order valence-electron chi connectivity index (χ2n) is 13.9. The molecule has 2 aliphatic carbocycles. The monoisotopic (exact) mass is 748 g/mol. The van der Waals surface area contributed by atoms with E-state index < -0.39 is 9.74 Å². The van der Waals surface area contributed by atoms with Crippen molar-refractivity contribution in [2.24, 2.45) is 33.5 Å². The summed E-state index contributed by atoms with van der Waals surface area (Å²) in [5.41, 5.74) is 18.5. The first kappa shape index (κ1) is 37.0. The molecule has 274 valence electrons. The van der Waals surface area contributed by atoms with E-state index in [0.29, 0.717) is 23.7 Å². The largest absolute Gasteiger partial charge is 0.330 e. The molecule has 53 heavy (non-hydrogen) atoms. The van der Waals surface area contributed by atoms with E-state index in [2.05, 4.69) is 53.6 Å². The Morgan fingerprint density at radius 1 is 0.679 bits per heavy atom. The van der Waals surface area contributed by atoms with Crippen LogP contribution in [0.1, 0.15) is 72.9 Å². The van der Waals surface area contributed by atoms with E-state index in [1.807, 2.05) is 36.4 Å². The number of thioether (sulfide) groups is 2. The molecule has 4 aromatic carbocycles. The van der Waals surface area contributed by atoms with Gasteiger partial charge >= 0.3 is 0 Å². The number of carbonyl (C=O) groups is 2. The Hall–Kier alpha value is -4.29. The minimum atomic E-state index is -0.623. The second kappa shape index (κ2) is 15.6. The molecule has 0 saturated carbocycles. The SMILES string of the molecule is CC(=O)N1N=C(c2cccc(F)c2)S[C@]12c1ccccc1CC[C@@H]2CCN.CC(=O)N1N=C(c2ccccc2)S[C@]12c1ccccc1CC[C@H]2CCN. The van der Waals surface area contributed by atoms with Crippen molar-refractivity contribution in [3.8, 4) is 0 Å². The van der Waals surface area contributed by atoms with Crippen LogP contribution in [0.25, 0.3) is 0 Å². The highest BCUT2D eigenvalue weighted by atomic mass is 32.2. The van der Waals surface area contributed by atoms with Gasteiger partial charge < -0.3 is 11.5 Å². The summed E-state index contributed by atoms with van der Waals surface area (Å²) in [5.74, 6) is 0.00540. The number of fused-ring (bicyclic) bond motifs is 4. The van der Waals surface area contributed by atoms with Crippen molar-refractivity contribution in [1.82, 2.24) is 10.0 Å². The molecule has 2 heterocycles. The maximum absolute atomic E-state index is 13.8. The molecule has 0 saturated heterocycles. The normalized spacial score (nSPS) is 24.2. The number of nitrogens with two attached hydrogens (primary N) is 2. The maximum atomic E-state index is 13.8. The molecule has 2 aliphatic heterocycles. The smallest absolute Gasteiger partial charge is 0.241 e. The van der Waals surface area contributed by atoms with Gasteiger partial charge in [0.2, 0.25) is 11.8 Å². The van der Waals surface area contributed by atoms with E-state index in [1.165, 1.54) is 35.7 Å². The van der Waals surface area contributed by atoms with Crippen LogP contribution < -0.4 is 11.5 Å². The molecule has 4 aromatic rings. The zero-order valence-electron chi connectivity index (χ0n) is 30.1. The van der Waals surface area contributed by atoms with Crippen LogP contribution in [0.3, 0.4) is 0 Å². The summed E-state index contributed by atoms with van der Waals surface area (Å²) in [6.07, 6.45) is 5.62. The van der Waals surface area contributed by atoms with Gasteiger partial charge in [0.15, 0.2) is 0 Å². The molecule has 0 radical (unpaired) electrons. The lowest BCUT2D eigenvalue weighted by molar-refractivity contribution is -0.135. The number of rotatable bonds is 6. The molecule has 0 fully saturated rings. The molecule has 4 N–H and O–H groups in total. The van der Waals surface area contributed by atoms with Gasteiger partial charge in [-0.3, -0.25) is 9.59 Å². The van der Waals surface area contributed by atoms with Crippen molar-refractivity contribution in [2.45, 2.75) is 62.1 Å². The van der Waals surface area contributed by atoms with Gasteiger partial charge in [-0.15, -0.1) is 0 Å². The molecule has 0 bridgehead atoms. The lowest BCUT2D eigenvalue weighted by Crippen LogP contribution is -2.49. The van der Waals surface area contributed by atoms with Crippen LogP contribution in [0.5, 0.6) is 0 Å². The number of amides is 2. The minimum Gasteiger partial charge on any atom is -0.330 e. The van der Waals surface area contributed by atoms with Gasteiger partial charge in [-0.2, -0.15) is 10.2 Å². The lowest BCUT2D eigenvalue weighted by Gasteiger charge is -2.45. The fourth-order valence-electron chi connectivity index (χ4n) is 8.40. The second-order valence-corrected chi connectivity index (χ2v) is 16.3. The number of hydrogen-bond donors (Lipinski definition) is 2. The Labute approximate surface area is 319 Å². The topological polar surface area (TPSA) is 117 Å². The molecule has 8 nitrogen and oxygen atoms in total. The van der Waals surface area contributed by atoms with Gasteiger partial charge in [-0.25, -0.2) is 14.4 Å². The van der Waals surface area contributed by atoms with Crippen molar-refractivity contribution in [3.63, 3.8) is 0 Å². The number of aryl methyl sites for hydroxylation is 2. The molecule has 0 aromatic heterocycles. The summed E-state index contributed by atoms with van der Waals surface area (Å²) in [5, 5.41) is 14.4. The third-order valence-corrected chi connectivity index (χ3v) is 13.8. The number of halogens is 1. The standard InChI is InChI=1S/C21H22FN3OS.C21H23N3OS/c1-14(26)25-21(27-20(24-25)16-6-4-7-18(22)13-16)17(11-12-23)10-9-15-5-2-3-8-19(15)21;1-15(25)24-21(26-20(23-24)17-8-3-2-4-9-17)18(13-14-22)12-11-16-7-5-6-10-19(16)21/h2-8,13,17H,9-12,23H2,1H3;2-10,18H,11-14,22H2,1H3/t17-,21-;18-,21+/m10/s1. The molecule has 11 heteroatoms. The van der Waals surface area contributed by atoms with Crippen molar-refractivity contribution in [3.05, 3.63) is 142 Å². The van der Waals surface area contributed by atoms with Crippen molar-refractivity contribution >= 4 is 45.4 Å². The molecular formula is C42H45FN6O2S2. The van der Waals surface area contributed by atoms with Crippen molar-refractivity contribution in [2.75, 3.05) is 13.1 Å². The summed E-state index contributed by atoms with van der Waals surface area (Å²) in [6.45, 7) is 4.31. The van der Waals surface area contributed by atoms with Gasteiger partial charge in [0.05, 0.1) is 0 Å². The highest BCUT2D eigenvalue weighted by molar-refractivity contribution is 8.15. The van der Waals surface area contributed by atoms with E-state index in [9.17, 15) is 14.0 Å². The lowest BCUT2D eigenvalue weighted by atomic mass is 9.77. The van der Waals surface area contributed by atoms with E-state index in [1.54, 1.807) is 46.5 Å².